The molecule has 17 heavy (non-hydrogen) atoms. The average molecular weight is 230 g/mol. The van der Waals surface area contributed by atoms with Gasteiger partial charge in [-0.2, -0.15) is 0 Å². The van der Waals surface area contributed by atoms with Crippen molar-refractivity contribution in [3.05, 3.63) is 36.0 Å². The fraction of sp³-hybridized carbons (Fsp3) is 0.467. The molecule has 1 aromatic carbocycles. The summed E-state index contributed by atoms with van der Waals surface area (Å²) in [5, 5.41) is 4.86. The lowest BCUT2D eigenvalue weighted by Gasteiger charge is -2.13. The van der Waals surface area contributed by atoms with Crippen molar-refractivity contribution in [2.45, 2.75) is 33.2 Å². The van der Waals surface area contributed by atoms with Crippen molar-refractivity contribution in [2.24, 2.45) is 5.92 Å². The zero-order chi connectivity index (χ0) is 12.1. The smallest absolute Gasteiger partial charge is 0.0499 e. The molecule has 1 aromatic heterocycles. The van der Waals surface area contributed by atoms with Gasteiger partial charge in [0.15, 0.2) is 0 Å². The first kappa shape index (κ1) is 12.2. The Labute approximate surface area is 103 Å². The maximum atomic E-state index is 3.57. The minimum Gasteiger partial charge on any atom is -0.361 e. The summed E-state index contributed by atoms with van der Waals surface area (Å²) in [6.07, 6.45) is 4.53. The molecule has 2 heteroatoms. The summed E-state index contributed by atoms with van der Waals surface area (Å²) < 4.78 is 0. The summed E-state index contributed by atoms with van der Waals surface area (Å²) in [4.78, 5) is 3.31. The summed E-state index contributed by atoms with van der Waals surface area (Å²) in [6, 6.07) is 8.60. The third-order valence-corrected chi connectivity index (χ3v) is 3.58. The number of para-hydroxylation sites is 1. The molecule has 0 amide bonds. The van der Waals surface area contributed by atoms with Crippen LogP contribution in [0.2, 0.25) is 0 Å². The fourth-order valence-corrected chi connectivity index (χ4v) is 2.29. The van der Waals surface area contributed by atoms with E-state index in [1.807, 2.05) is 6.20 Å². The molecule has 0 atom stereocenters. The van der Waals surface area contributed by atoms with Gasteiger partial charge in [0.05, 0.1) is 0 Å². The molecule has 0 fully saturated rings. The van der Waals surface area contributed by atoms with Crippen LogP contribution in [0, 0.1) is 5.92 Å². The van der Waals surface area contributed by atoms with Crippen molar-refractivity contribution in [3.63, 3.8) is 0 Å². The first-order valence-electron chi connectivity index (χ1n) is 6.60. The highest BCUT2D eigenvalue weighted by Gasteiger charge is 2.04. The first-order chi connectivity index (χ1) is 8.35. The predicted molar refractivity (Wildman–Crippen MR) is 74.1 cm³/mol. The zero-order valence-corrected chi connectivity index (χ0v) is 10.8. The summed E-state index contributed by atoms with van der Waals surface area (Å²) in [5.74, 6) is 0.804. The van der Waals surface area contributed by atoms with Crippen LogP contribution in [0.15, 0.2) is 30.5 Å². The van der Waals surface area contributed by atoms with E-state index in [-0.39, 0.29) is 0 Å². The molecule has 2 aromatic rings. The van der Waals surface area contributed by atoms with Crippen molar-refractivity contribution >= 4 is 10.9 Å². The Kier molecular flexibility index (Phi) is 4.21. The third-order valence-electron chi connectivity index (χ3n) is 3.58. The highest BCUT2D eigenvalue weighted by atomic mass is 14.9. The number of fused-ring (bicyclic) bond motifs is 1. The molecule has 0 saturated carbocycles. The predicted octanol–water partition coefficient (Wildman–Crippen LogP) is 3.69. The Bertz CT molecular complexity index is 455. The van der Waals surface area contributed by atoms with Crippen LogP contribution in [0.1, 0.15) is 32.3 Å². The second-order valence-electron chi connectivity index (χ2n) is 4.67. The van der Waals surface area contributed by atoms with Crippen LogP contribution in [0.25, 0.3) is 10.9 Å². The van der Waals surface area contributed by atoms with Crippen LogP contribution in [-0.4, -0.2) is 11.5 Å². The van der Waals surface area contributed by atoms with Crippen molar-refractivity contribution < 1.29 is 0 Å². The average Bonchev–Trinajstić information content (AvgIpc) is 2.83. The van der Waals surface area contributed by atoms with Gasteiger partial charge in [-0.05, 0) is 29.5 Å². The van der Waals surface area contributed by atoms with Gasteiger partial charge in [0.25, 0.3) is 0 Å². The molecule has 0 bridgehead atoms. The lowest BCUT2D eigenvalue weighted by Crippen LogP contribution is -2.21. The van der Waals surface area contributed by atoms with E-state index in [4.69, 9.17) is 0 Å². The van der Waals surface area contributed by atoms with E-state index in [9.17, 15) is 0 Å². The van der Waals surface area contributed by atoms with Crippen LogP contribution < -0.4 is 5.32 Å². The van der Waals surface area contributed by atoms with Crippen molar-refractivity contribution in [1.82, 2.24) is 10.3 Å². The van der Waals surface area contributed by atoms with Gasteiger partial charge in [-0.25, -0.2) is 0 Å². The number of rotatable bonds is 6. The zero-order valence-electron chi connectivity index (χ0n) is 10.8. The van der Waals surface area contributed by atoms with Crippen molar-refractivity contribution in [1.29, 1.82) is 0 Å². The number of benzene rings is 1. The van der Waals surface area contributed by atoms with Gasteiger partial charge in [0, 0.05) is 18.3 Å². The number of aromatic nitrogens is 1. The molecule has 0 spiro atoms. The lowest BCUT2D eigenvalue weighted by atomic mass is 10.0. The minimum absolute atomic E-state index is 0.804. The third kappa shape index (κ3) is 2.89. The van der Waals surface area contributed by atoms with Gasteiger partial charge < -0.3 is 10.3 Å². The molecule has 0 radical (unpaired) electrons. The summed E-state index contributed by atoms with van der Waals surface area (Å²) in [6.45, 7) is 6.60. The fourth-order valence-electron chi connectivity index (χ4n) is 2.29. The lowest BCUT2D eigenvalue weighted by molar-refractivity contribution is 0.450. The number of hydrogen-bond donors (Lipinski definition) is 2. The molecule has 92 valence electrons. The molecule has 2 rings (SSSR count). The van der Waals surface area contributed by atoms with Crippen LogP contribution in [0.5, 0.6) is 0 Å². The largest absolute Gasteiger partial charge is 0.361 e. The molecule has 2 N–H and O–H groups in total. The minimum atomic E-state index is 0.804. The van der Waals surface area contributed by atoms with Crippen LogP contribution in [-0.2, 0) is 6.54 Å². The molecule has 0 unspecified atom stereocenters. The van der Waals surface area contributed by atoms with E-state index in [0.717, 1.165) is 19.0 Å². The van der Waals surface area contributed by atoms with Crippen molar-refractivity contribution in [2.75, 3.05) is 6.54 Å². The first-order valence-corrected chi connectivity index (χ1v) is 6.60. The number of H-pyrrole nitrogens is 1. The van der Waals surface area contributed by atoms with Gasteiger partial charge in [-0.1, -0.05) is 44.9 Å². The normalized spacial score (nSPS) is 11.5. The molecule has 0 aliphatic carbocycles. The topological polar surface area (TPSA) is 27.8 Å². The van der Waals surface area contributed by atoms with Crippen LogP contribution in [0.4, 0.5) is 0 Å². The second-order valence-corrected chi connectivity index (χ2v) is 4.67. The van der Waals surface area contributed by atoms with Gasteiger partial charge in [-0.3, -0.25) is 0 Å². The standard InChI is InChI=1S/C15H22N2/c1-3-12(4-2)10-16-11-14-7-5-6-13-8-9-17-15(13)14/h5-9,12,16-17H,3-4,10-11H2,1-2H3. The van der Waals surface area contributed by atoms with E-state index >= 15 is 0 Å². The molecule has 1 heterocycles. The molecule has 0 aliphatic heterocycles. The van der Waals surface area contributed by atoms with E-state index < -0.39 is 0 Å². The Morgan fingerprint density at radius 2 is 2.00 bits per heavy atom. The summed E-state index contributed by atoms with van der Waals surface area (Å²) in [7, 11) is 0. The SMILES string of the molecule is CCC(CC)CNCc1cccc2cc[nH]c12. The Balaban J connectivity index is 1.97. The van der Waals surface area contributed by atoms with Gasteiger partial charge in [0.1, 0.15) is 0 Å². The number of hydrogen-bond acceptors (Lipinski definition) is 1. The van der Waals surface area contributed by atoms with Crippen LogP contribution >= 0.6 is 0 Å². The van der Waals surface area contributed by atoms with Gasteiger partial charge in [-0.15, -0.1) is 0 Å². The quantitative estimate of drug-likeness (QED) is 0.778. The van der Waals surface area contributed by atoms with E-state index in [1.54, 1.807) is 0 Å². The Hall–Kier alpha value is -1.28. The Morgan fingerprint density at radius 1 is 1.18 bits per heavy atom. The molecule has 0 saturated heterocycles. The molecular weight excluding hydrogens is 208 g/mol. The highest BCUT2D eigenvalue weighted by molar-refractivity contribution is 5.82. The van der Waals surface area contributed by atoms with Crippen molar-refractivity contribution in [3.8, 4) is 0 Å². The van der Waals surface area contributed by atoms with E-state index in [2.05, 4.69) is 48.4 Å². The van der Waals surface area contributed by atoms with E-state index in [0.29, 0.717) is 0 Å². The number of aromatic amines is 1. The second kappa shape index (κ2) is 5.87. The molecule has 0 aliphatic rings. The number of nitrogens with one attached hydrogen (secondary N) is 2. The van der Waals surface area contributed by atoms with Gasteiger partial charge >= 0.3 is 0 Å². The maximum Gasteiger partial charge on any atom is 0.0499 e. The summed E-state index contributed by atoms with van der Waals surface area (Å²) >= 11 is 0. The van der Waals surface area contributed by atoms with E-state index in [1.165, 1.54) is 29.3 Å². The molecular formula is C15H22N2. The Morgan fingerprint density at radius 3 is 2.76 bits per heavy atom. The highest BCUT2D eigenvalue weighted by Crippen LogP contribution is 2.16. The maximum absolute atomic E-state index is 3.57. The monoisotopic (exact) mass is 230 g/mol. The molecule has 2 nitrogen and oxygen atoms in total. The van der Waals surface area contributed by atoms with Crippen LogP contribution in [0.3, 0.4) is 0 Å². The summed E-state index contributed by atoms with van der Waals surface area (Å²) in [5.41, 5.74) is 2.63. The van der Waals surface area contributed by atoms with Gasteiger partial charge in [0.2, 0.25) is 0 Å².